The second kappa shape index (κ2) is 5.64. The molecule has 2 saturated heterocycles. The summed E-state index contributed by atoms with van der Waals surface area (Å²) in [6.07, 6.45) is 4.94. The summed E-state index contributed by atoms with van der Waals surface area (Å²) in [6.45, 7) is 6.26. The molecule has 0 bridgehead atoms. The van der Waals surface area contributed by atoms with Crippen molar-refractivity contribution in [3.05, 3.63) is 33.9 Å². The number of nitrogens with zero attached hydrogens (tertiary/aromatic N) is 2. The maximum atomic E-state index is 11.0. The van der Waals surface area contributed by atoms with Crippen molar-refractivity contribution in [3.8, 4) is 0 Å². The third-order valence-electron chi connectivity index (χ3n) is 4.97. The second-order valence-electron chi connectivity index (χ2n) is 6.53. The molecule has 1 atom stereocenters. The van der Waals surface area contributed by atoms with Crippen LogP contribution in [0.1, 0.15) is 31.2 Å². The minimum absolute atomic E-state index is 0.192. The average Bonchev–Trinajstić information content (AvgIpc) is 2.48. The van der Waals surface area contributed by atoms with Crippen LogP contribution in [0.4, 0.5) is 11.4 Å². The van der Waals surface area contributed by atoms with Gasteiger partial charge < -0.3 is 10.2 Å². The number of aryl methyl sites for hydroxylation is 1. The first-order valence-electron chi connectivity index (χ1n) is 7.80. The van der Waals surface area contributed by atoms with Crippen molar-refractivity contribution >= 4 is 11.4 Å². The molecular weight excluding hydrogens is 266 g/mol. The van der Waals surface area contributed by atoms with Crippen molar-refractivity contribution in [1.82, 2.24) is 5.32 Å². The molecule has 0 saturated carbocycles. The lowest BCUT2D eigenvalue weighted by atomic mass is 9.74. The first-order valence-corrected chi connectivity index (χ1v) is 7.80. The molecule has 0 radical (unpaired) electrons. The van der Waals surface area contributed by atoms with Gasteiger partial charge in [-0.25, -0.2) is 0 Å². The van der Waals surface area contributed by atoms with Gasteiger partial charge in [-0.2, -0.15) is 0 Å². The molecule has 2 aliphatic heterocycles. The maximum Gasteiger partial charge on any atom is 0.271 e. The predicted molar refractivity (Wildman–Crippen MR) is 83.8 cm³/mol. The van der Waals surface area contributed by atoms with Crippen LogP contribution >= 0.6 is 0 Å². The molecule has 3 rings (SSSR count). The fourth-order valence-corrected chi connectivity index (χ4v) is 3.84. The minimum Gasteiger partial charge on any atom is -0.371 e. The van der Waals surface area contributed by atoms with E-state index in [9.17, 15) is 10.1 Å². The van der Waals surface area contributed by atoms with Crippen molar-refractivity contribution in [2.24, 2.45) is 5.41 Å². The number of non-ortho nitro benzene ring substituents is 1. The Kier molecular flexibility index (Phi) is 3.85. The molecule has 1 unspecified atom stereocenters. The predicted octanol–water partition coefficient (Wildman–Crippen LogP) is 2.87. The molecule has 1 N–H and O–H groups in total. The van der Waals surface area contributed by atoms with Crippen LogP contribution in [0.15, 0.2) is 18.2 Å². The molecule has 2 heterocycles. The van der Waals surface area contributed by atoms with E-state index >= 15 is 0 Å². The molecule has 5 heteroatoms. The minimum atomic E-state index is -0.301. The summed E-state index contributed by atoms with van der Waals surface area (Å²) in [6, 6.07) is 5.21. The highest BCUT2D eigenvalue weighted by Gasteiger charge is 2.37. The zero-order chi connectivity index (χ0) is 14.9. The monoisotopic (exact) mass is 289 g/mol. The number of hydrogen-bond acceptors (Lipinski definition) is 4. The van der Waals surface area contributed by atoms with Crippen LogP contribution in [0.5, 0.6) is 0 Å². The molecule has 0 aromatic heterocycles. The largest absolute Gasteiger partial charge is 0.371 e. The van der Waals surface area contributed by atoms with E-state index in [1.165, 1.54) is 25.7 Å². The van der Waals surface area contributed by atoms with Gasteiger partial charge in [0.1, 0.15) is 0 Å². The summed E-state index contributed by atoms with van der Waals surface area (Å²) < 4.78 is 0. The van der Waals surface area contributed by atoms with Gasteiger partial charge in [-0.1, -0.05) is 6.07 Å². The molecular formula is C16H23N3O2. The molecule has 114 valence electrons. The quantitative estimate of drug-likeness (QED) is 0.672. The molecule has 1 aromatic rings. The highest BCUT2D eigenvalue weighted by molar-refractivity contribution is 5.59. The Labute approximate surface area is 125 Å². The Balaban J connectivity index is 1.86. The number of piperidine rings is 2. The van der Waals surface area contributed by atoms with E-state index < -0.39 is 0 Å². The first-order chi connectivity index (χ1) is 10.1. The fourth-order valence-electron chi connectivity index (χ4n) is 3.84. The number of nitro groups is 1. The fraction of sp³-hybridized carbons (Fsp3) is 0.625. The standard InChI is InChI=1S/C16H23N3O2/c1-13-4-5-14(19(20)21)10-15(13)18-9-3-7-16(12-18)6-2-8-17-11-16/h4-5,10,17H,2-3,6-9,11-12H2,1H3. The summed E-state index contributed by atoms with van der Waals surface area (Å²) >= 11 is 0. The molecule has 21 heavy (non-hydrogen) atoms. The number of hydrogen-bond donors (Lipinski definition) is 1. The van der Waals surface area contributed by atoms with Crippen LogP contribution in [-0.4, -0.2) is 31.1 Å². The summed E-state index contributed by atoms with van der Waals surface area (Å²) in [5.41, 5.74) is 2.71. The molecule has 0 aliphatic carbocycles. The topological polar surface area (TPSA) is 58.4 Å². The molecule has 2 aliphatic rings. The van der Waals surface area contributed by atoms with Crippen molar-refractivity contribution in [1.29, 1.82) is 0 Å². The van der Waals surface area contributed by atoms with E-state index in [0.29, 0.717) is 5.41 Å². The van der Waals surface area contributed by atoms with Gasteiger partial charge in [0.05, 0.1) is 4.92 Å². The van der Waals surface area contributed by atoms with Crippen molar-refractivity contribution in [2.75, 3.05) is 31.1 Å². The molecule has 0 amide bonds. The van der Waals surface area contributed by atoms with Crippen molar-refractivity contribution in [2.45, 2.75) is 32.6 Å². The number of benzene rings is 1. The van der Waals surface area contributed by atoms with Crippen LogP contribution < -0.4 is 10.2 Å². The van der Waals surface area contributed by atoms with Crippen LogP contribution in [0.2, 0.25) is 0 Å². The Morgan fingerprint density at radius 2 is 2.14 bits per heavy atom. The van der Waals surface area contributed by atoms with Gasteiger partial charge in [-0.15, -0.1) is 0 Å². The van der Waals surface area contributed by atoms with Crippen LogP contribution in [-0.2, 0) is 0 Å². The Hall–Kier alpha value is -1.62. The van der Waals surface area contributed by atoms with Crippen LogP contribution in [0.25, 0.3) is 0 Å². The van der Waals surface area contributed by atoms with Crippen molar-refractivity contribution in [3.63, 3.8) is 0 Å². The van der Waals surface area contributed by atoms with Gasteiger partial charge in [-0.3, -0.25) is 10.1 Å². The van der Waals surface area contributed by atoms with Crippen LogP contribution in [0, 0.1) is 22.5 Å². The van der Waals surface area contributed by atoms with Gasteiger partial charge in [0.15, 0.2) is 0 Å². The van der Waals surface area contributed by atoms with Gasteiger partial charge in [0.25, 0.3) is 5.69 Å². The third kappa shape index (κ3) is 2.88. The highest BCUT2D eigenvalue weighted by atomic mass is 16.6. The highest BCUT2D eigenvalue weighted by Crippen LogP contribution is 2.39. The lowest BCUT2D eigenvalue weighted by Gasteiger charge is -2.46. The summed E-state index contributed by atoms with van der Waals surface area (Å²) in [5.74, 6) is 0. The lowest BCUT2D eigenvalue weighted by molar-refractivity contribution is -0.384. The Bertz CT molecular complexity index is 533. The first kappa shape index (κ1) is 14.3. The van der Waals surface area contributed by atoms with E-state index in [0.717, 1.165) is 37.4 Å². The summed E-state index contributed by atoms with van der Waals surface area (Å²) in [5, 5.41) is 14.5. The second-order valence-corrected chi connectivity index (χ2v) is 6.53. The Morgan fingerprint density at radius 1 is 1.33 bits per heavy atom. The number of rotatable bonds is 2. The Morgan fingerprint density at radius 3 is 2.86 bits per heavy atom. The molecule has 2 fully saturated rings. The molecule has 5 nitrogen and oxygen atoms in total. The van der Waals surface area contributed by atoms with Gasteiger partial charge in [0.2, 0.25) is 0 Å². The van der Waals surface area contributed by atoms with Gasteiger partial charge >= 0.3 is 0 Å². The van der Waals surface area contributed by atoms with Crippen molar-refractivity contribution < 1.29 is 4.92 Å². The number of nitro benzene ring substituents is 1. The lowest BCUT2D eigenvalue weighted by Crippen LogP contribution is -2.51. The van der Waals surface area contributed by atoms with E-state index in [1.807, 2.05) is 13.0 Å². The SMILES string of the molecule is Cc1ccc([N+](=O)[O-])cc1N1CCCC2(CCCNC2)C1. The van der Waals surface area contributed by atoms with E-state index in [-0.39, 0.29) is 10.6 Å². The smallest absolute Gasteiger partial charge is 0.271 e. The molecule has 1 aromatic carbocycles. The van der Waals surface area contributed by atoms with E-state index in [4.69, 9.17) is 0 Å². The van der Waals surface area contributed by atoms with E-state index in [2.05, 4.69) is 10.2 Å². The number of anilines is 1. The number of nitrogens with one attached hydrogen (secondary N) is 1. The van der Waals surface area contributed by atoms with Gasteiger partial charge in [0, 0.05) is 42.9 Å². The maximum absolute atomic E-state index is 11.0. The molecule has 1 spiro atoms. The summed E-state index contributed by atoms with van der Waals surface area (Å²) in [4.78, 5) is 13.1. The summed E-state index contributed by atoms with van der Waals surface area (Å²) in [7, 11) is 0. The zero-order valence-electron chi connectivity index (χ0n) is 12.6. The third-order valence-corrected chi connectivity index (χ3v) is 4.97. The van der Waals surface area contributed by atoms with E-state index in [1.54, 1.807) is 12.1 Å². The normalized spacial score (nSPS) is 26.0. The average molecular weight is 289 g/mol. The zero-order valence-corrected chi connectivity index (χ0v) is 12.6. The van der Waals surface area contributed by atoms with Gasteiger partial charge in [-0.05, 0) is 44.7 Å². The van der Waals surface area contributed by atoms with Crippen LogP contribution in [0.3, 0.4) is 0 Å².